The lowest BCUT2D eigenvalue weighted by Crippen LogP contribution is -2.50. The number of piperazine rings is 1. The summed E-state index contributed by atoms with van der Waals surface area (Å²) in [7, 11) is 0. The van der Waals surface area contributed by atoms with Crippen molar-refractivity contribution in [3.05, 3.63) is 108 Å². The molecule has 4 aromatic carbocycles. The van der Waals surface area contributed by atoms with Crippen molar-refractivity contribution in [3.8, 4) is 22.9 Å². The zero-order valence-electron chi connectivity index (χ0n) is 21.6. The van der Waals surface area contributed by atoms with Crippen molar-refractivity contribution in [2.24, 2.45) is 0 Å². The second-order valence-corrected chi connectivity index (χ2v) is 9.85. The largest absolute Gasteiger partial charge is 0.398 e. The number of carbonyl (C=O) groups is 2. The van der Waals surface area contributed by atoms with E-state index in [0.717, 1.165) is 33.3 Å². The van der Waals surface area contributed by atoms with E-state index in [4.69, 9.17) is 8.83 Å². The maximum Gasteiger partial charge on any atom is 0.379 e. The number of amides is 2. The molecule has 2 aromatic heterocycles. The third kappa shape index (κ3) is 4.39. The second-order valence-electron chi connectivity index (χ2n) is 9.85. The van der Waals surface area contributed by atoms with Crippen LogP contribution in [0.1, 0.15) is 20.7 Å². The number of aromatic nitrogens is 2. The zero-order valence-corrected chi connectivity index (χ0v) is 21.6. The summed E-state index contributed by atoms with van der Waals surface area (Å²) in [5, 5.41) is 0. The molecule has 0 unspecified atom stereocenters. The number of oxazole rings is 2. The minimum Gasteiger partial charge on any atom is -0.398 e. The first-order chi connectivity index (χ1) is 19.6. The third-order valence-electron chi connectivity index (χ3n) is 7.29. The van der Waals surface area contributed by atoms with Crippen LogP contribution in [0.2, 0.25) is 0 Å². The van der Waals surface area contributed by atoms with Crippen LogP contribution in [0.5, 0.6) is 0 Å². The predicted molar refractivity (Wildman–Crippen MR) is 148 cm³/mol. The quantitative estimate of drug-likeness (QED) is 0.329. The van der Waals surface area contributed by atoms with Gasteiger partial charge in [-0.2, -0.15) is 9.97 Å². The van der Waals surface area contributed by atoms with Crippen molar-refractivity contribution in [2.45, 2.75) is 0 Å². The maximum atomic E-state index is 13.3. The molecule has 0 radical (unpaired) electrons. The summed E-state index contributed by atoms with van der Waals surface area (Å²) in [6, 6.07) is 30.3. The Kier molecular flexibility index (Phi) is 5.85. The first-order valence-corrected chi connectivity index (χ1v) is 13.2. The highest BCUT2D eigenvalue weighted by Gasteiger charge is 2.27. The molecule has 7 rings (SSSR count). The minimum absolute atomic E-state index is 0.0625. The number of hydrogen-bond acceptors (Lipinski definition) is 4. The average Bonchev–Trinajstić information content (AvgIpc) is 3.65. The summed E-state index contributed by atoms with van der Waals surface area (Å²) in [5.74, 6) is 1.09. The van der Waals surface area contributed by atoms with Gasteiger partial charge in [0.1, 0.15) is 0 Å². The fourth-order valence-corrected chi connectivity index (χ4v) is 5.16. The van der Waals surface area contributed by atoms with Crippen LogP contribution < -0.4 is 9.97 Å². The first-order valence-electron chi connectivity index (χ1n) is 13.2. The number of aromatic amines is 2. The van der Waals surface area contributed by atoms with E-state index in [1.807, 2.05) is 97.1 Å². The lowest BCUT2D eigenvalue weighted by atomic mass is 10.1. The van der Waals surface area contributed by atoms with Gasteiger partial charge < -0.3 is 18.6 Å². The van der Waals surface area contributed by atoms with Crippen molar-refractivity contribution in [3.63, 3.8) is 0 Å². The molecule has 0 atom stereocenters. The molecule has 0 aliphatic carbocycles. The molecule has 0 saturated carbocycles. The van der Waals surface area contributed by atoms with Crippen LogP contribution in [-0.2, 0) is 0 Å². The molecule has 1 fully saturated rings. The van der Waals surface area contributed by atoms with Gasteiger partial charge in [0.05, 0.1) is 11.1 Å². The van der Waals surface area contributed by atoms with E-state index in [9.17, 15) is 9.59 Å². The number of hydrogen-bond donors (Lipinski definition) is 0. The normalized spacial score (nSPS) is 13.7. The van der Waals surface area contributed by atoms with Gasteiger partial charge in [-0.25, -0.2) is 0 Å². The molecule has 8 nitrogen and oxygen atoms in total. The molecular formula is C32H26N4O4+2. The average molecular weight is 531 g/mol. The molecule has 0 spiro atoms. The molecule has 40 heavy (non-hydrogen) atoms. The van der Waals surface area contributed by atoms with E-state index in [-0.39, 0.29) is 11.8 Å². The van der Waals surface area contributed by atoms with E-state index in [1.54, 1.807) is 9.80 Å². The molecule has 196 valence electrons. The Morgan fingerprint density at radius 1 is 0.550 bits per heavy atom. The van der Waals surface area contributed by atoms with Gasteiger partial charge in [0.2, 0.25) is 22.2 Å². The fourth-order valence-electron chi connectivity index (χ4n) is 5.16. The summed E-state index contributed by atoms with van der Waals surface area (Å²) >= 11 is 0. The number of nitrogens with one attached hydrogen (secondary N) is 2. The van der Waals surface area contributed by atoms with Crippen LogP contribution >= 0.6 is 0 Å². The molecule has 6 aromatic rings. The van der Waals surface area contributed by atoms with Crippen LogP contribution in [0.15, 0.2) is 106 Å². The Labute approximate surface area is 229 Å². The Balaban J connectivity index is 1.03. The topological polar surface area (TPSA) is 95.2 Å². The van der Waals surface area contributed by atoms with E-state index < -0.39 is 0 Å². The van der Waals surface area contributed by atoms with E-state index in [0.29, 0.717) is 49.1 Å². The van der Waals surface area contributed by atoms with Crippen LogP contribution in [0.3, 0.4) is 0 Å². The predicted octanol–water partition coefficient (Wildman–Crippen LogP) is 4.74. The lowest BCUT2D eigenvalue weighted by Gasteiger charge is -2.35. The van der Waals surface area contributed by atoms with Crippen LogP contribution in [0.4, 0.5) is 0 Å². The number of nitrogens with zero attached hydrogens (tertiary/aromatic N) is 2. The Bertz CT molecular complexity index is 1680. The molecule has 1 saturated heterocycles. The van der Waals surface area contributed by atoms with Gasteiger partial charge in [-0.05, 0) is 48.5 Å². The summed E-state index contributed by atoms with van der Waals surface area (Å²) in [6.07, 6.45) is 0. The van der Waals surface area contributed by atoms with Crippen LogP contribution in [-0.4, -0.2) is 47.8 Å². The highest BCUT2D eigenvalue weighted by Crippen LogP contribution is 2.24. The summed E-state index contributed by atoms with van der Waals surface area (Å²) in [4.78, 5) is 36.8. The third-order valence-corrected chi connectivity index (χ3v) is 7.29. The number of rotatable bonds is 4. The van der Waals surface area contributed by atoms with E-state index in [1.165, 1.54) is 0 Å². The second kappa shape index (κ2) is 9.81. The highest BCUT2D eigenvalue weighted by atomic mass is 16.4. The van der Waals surface area contributed by atoms with Gasteiger partial charge >= 0.3 is 11.8 Å². The Hall–Kier alpha value is -5.24. The number of para-hydroxylation sites is 4. The maximum absolute atomic E-state index is 13.3. The number of H-pyrrole nitrogens is 2. The smallest absolute Gasteiger partial charge is 0.379 e. The zero-order chi connectivity index (χ0) is 27.1. The van der Waals surface area contributed by atoms with Gasteiger partial charge in [-0.15, -0.1) is 0 Å². The van der Waals surface area contributed by atoms with Gasteiger partial charge in [0.15, 0.2) is 0 Å². The van der Waals surface area contributed by atoms with Crippen LogP contribution in [0.25, 0.3) is 45.1 Å². The molecule has 8 heteroatoms. The molecular weight excluding hydrogens is 504 g/mol. The fraction of sp³-hybridized carbons (Fsp3) is 0.125. The summed E-state index contributed by atoms with van der Waals surface area (Å²) in [5.41, 5.74) is 6.09. The van der Waals surface area contributed by atoms with E-state index >= 15 is 0 Å². The molecule has 1 aliphatic rings. The van der Waals surface area contributed by atoms with Crippen molar-refractivity contribution in [1.29, 1.82) is 0 Å². The van der Waals surface area contributed by atoms with Crippen molar-refractivity contribution in [1.82, 2.24) is 9.80 Å². The van der Waals surface area contributed by atoms with Crippen molar-refractivity contribution in [2.75, 3.05) is 26.2 Å². The minimum atomic E-state index is -0.0625. The Morgan fingerprint density at radius 3 is 1.40 bits per heavy atom. The molecule has 0 bridgehead atoms. The van der Waals surface area contributed by atoms with Gasteiger partial charge in [0.25, 0.3) is 11.8 Å². The Morgan fingerprint density at radius 2 is 0.975 bits per heavy atom. The number of carbonyl (C=O) groups excluding carboxylic acids is 2. The van der Waals surface area contributed by atoms with Crippen molar-refractivity contribution < 1.29 is 28.4 Å². The van der Waals surface area contributed by atoms with Gasteiger partial charge in [0, 0.05) is 49.4 Å². The monoisotopic (exact) mass is 530 g/mol. The first kappa shape index (κ1) is 23.8. The lowest BCUT2D eigenvalue weighted by molar-refractivity contribution is -0.339. The summed E-state index contributed by atoms with van der Waals surface area (Å²) in [6.45, 7) is 1.84. The van der Waals surface area contributed by atoms with Gasteiger partial charge in [-0.3, -0.25) is 9.59 Å². The molecule has 1 aliphatic heterocycles. The van der Waals surface area contributed by atoms with E-state index in [2.05, 4.69) is 9.97 Å². The summed E-state index contributed by atoms with van der Waals surface area (Å²) < 4.78 is 11.9. The van der Waals surface area contributed by atoms with Gasteiger partial charge in [-0.1, -0.05) is 36.4 Å². The molecule has 2 amide bonds. The number of benzene rings is 4. The van der Waals surface area contributed by atoms with Crippen LogP contribution in [0, 0.1) is 0 Å². The molecule has 2 N–H and O–H groups in total. The SMILES string of the molecule is O=C(c1cccc(-c2[nH+]c3ccccc3o2)c1)N1CCN(C(=O)c2cccc(-c3[nH+]c4ccccc4o3)c2)CC1. The number of fused-ring (bicyclic) bond motifs is 2. The van der Waals surface area contributed by atoms with Crippen molar-refractivity contribution >= 4 is 34.0 Å². The molecule has 3 heterocycles. The standard InChI is InChI=1S/C32H24N4O4/c37-31(23-9-5-7-21(19-23)29-33-25-11-1-3-13-27(25)39-29)35-15-17-36(18-16-35)32(38)24-10-6-8-22(20-24)30-34-26-12-2-4-14-28(26)40-30/h1-14,19-20H,15-18H2/p+2. The highest BCUT2D eigenvalue weighted by molar-refractivity contribution is 5.97.